The van der Waals surface area contributed by atoms with Crippen LogP contribution < -0.4 is 4.74 Å². The number of hydrogen-bond acceptors (Lipinski definition) is 3. The highest BCUT2D eigenvalue weighted by Crippen LogP contribution is 2.22. The van der Waals surface area contributed by atoms with Crippen LogP contribution in [-0.4, -0.2) is 17.2 Å². The molecule has 1 aromatic heterocycles. The summed E-state index contributed by atoms with van der Waals surface area (Å²) in [6.07, 6.45) is 3.43. The average Bonchev–Trinajstić information content (AvgIpc) is 2.55. The first-order valence-electron chi connectivity index (χ1n) is 6.67. The summed E-state index contributed by atoms with van der Waals surface area (Å²) in [6, 6.07) is 17.2. The molecule has 0 saturated carbocycles. The van der Waals surface area contributed by atoms with Gasteiger partial charge in [-0.3, -0.25) is 4.98 Å². The van der Waals surface area contributed by atoms with Crippen molar-refractivity contribution in [1.29, 1.82) is 0 Å². The van der Waals surface area contributed by atoms with E-state index >= 15 is 0 Å². The second kappa shape index (κ2) is 5.67. The van der Waals surface area contributed by atoms with Gasteiger partial charge in [-0.1, -0.05) is 24.3 Å². The summed E-state index contributed by atoms with van der Waals surface area (Å²) in [7, 11) is 1.62. The lowest BCUT2D eigenvalue weighted by Crippen LogP contribution is -1.88. The summed E-state index contributed by atoms with van der Waals surface area (Å²) in [5.74, 6) is 0.941. The quantitative estimate of drug-likeness (QED) is 0.726. The maximum Gasteiger partial charge on any atom is 0.124 e. The molecule has 3 aromatic rings. The van der Waals surface area contributed by atoms with Gasteiger partial charge in [-0.25, -0.2) is 0 Å². The SMILES string of the molecule is COc1ccc(/C(O)=C/c2nccc3ccccc23)cc1. The summed E-state index contributed by atoms with van der Waals surface area (Å²) >= 11 is 0. The van der Waals surface area contributed by atoms with Crippen molar-refractivity contribution in [2.75, 3.05) is 7.11 Å². The van der Waals surface area contributed by atoms with Crippen LogP contribution in [0.5, 0.6) is 5.75 Å². The zero-order valence-electron chi connectivity index (χ0n) is 11.7. The number of nitrogens with zero attached hydrogens (tertiary/aromatic N) is 1. The molecule has 0 saturated heterocycles. The molecule has 3 heteroatoms. The minimum atomic E-state index is 0.182. The van der Waals surface area contributed by atoms with Crippen molar-refractivity contribution < 1.29 is 9.84 Å². The molecule has 0 atom stereocenters. The molecular formula is C18H15NO2. The molecule has 0 fully saturated rings. The number of fused-ring (bicyclic) bond motifs is 1. The molecule has 0 spiro atoms. The second-order valence-electron chi connectivity index (χ2n) is 4.68. The molecule has 0 unspecified atom stereocenters. The highest BCUT2D eigenvalue weighted by Gasteiger charge is 2.03. The van der Waals surface area contributed by atoms with Gasteiger partial charge in [-0.05, 0) is 35.7 Å². The van der Waals surface area contributed by atoms with E-state index in [-0.39, 0.29) is 5.76 Å². The Morgan fingerprint density at radius 2 is 1.81 bits per heavy atom. The van der Waals surface area contributed by atoms with Crippen molar-refractivity contribution in [3.8, 4) is 5.75 Å². The fraction of sp³-hybridized carbons (Fsp3) is 0.0556. The van der Waals surface area contributed by atoms with E-state index in [1.807, 2.05) is 54.6 Å². The Labute approximate surface area is 123 Å². The maximum atomic E-state index is 10.3. The van der Waals surface area contributed by atoms with Gasteiger partial charge in [0.1, 0.15) is 11.5 Å². The number of aliphatic hydroxyl groups excluding tert-OH is 1. The summed E-state index contributed by atoms with van der Waals surface area (Å²) in [6.45, 7) is 0. The molecular weight excluding hydrogens is 262 g/mol. The monoisotopic (exact) mass is 277 g/mol. The molecule has 0 aliphatic carbocycles. The highest BCUT2D eigenvalue weighted by atomic mass is 16.5. The van der Waals surface area contributed by atoms with Crippen LogP contribution in [-0.2, 0) is 0 Å². The highest BCUT2D eigenvalue weighted by molar-refractivity contribution is 5.92. The Balaban J connectivity index is 2.02. The molecule has 1 heterocycles. The van der Waals surface area contributed by atoms with Gasteiger partial charge in [0.15, 0.2) is 0 Å². The molecule has 104 valence electrons. The van der Waals surface area contributed by atoms with Gasteiger partial charge < -0.3 is 9.84 Å². The zero-order chi connectivity index (χ0) is 14.7. The lowest BCUT2D eigenvalue weighted by molar-refractivity contribution is 0.414. The third-order valence-electron chi connectivity index (χ3n) is 3.36. The normalized spacial score (nSPS) is 11.6. The van der Waals surface area contributed by atoms with Crippen molar-refractivity contribution in [3.63, 3.8) is 0 Å². The molecule has 1 N–H and O–H groups in total. The lowest BCUT2D eigenvalue weighted by atomic mass is 10.1. The third kappa shape index (κ3) is 2.72. The second-order valence-corrected chi connectivity index (χ2v) is 4.68. The van der Waals surface area contributed by atoms with E-state index in [9.17, 15) is 5.11 Å². The van der Waals surface area contributed by atoms with Gasteiger partial charge >= 0.3 is 0 Å². The number of rotatable bonds is 3. The first-order valence-corrected chi connectivity index (χ1v) is 6.67. The number of ether oxygens (including phenoxy) is 1. The van der Waals surface area contributed by atoms with Crippen molar-refractivity contribution in [1.82, 2.24) is 4.98 Å². The molecule has 0 bridgehead atoms. The van der Waals surface area contributed by atoms with Crippen LogP contribution in [0.1, 0.15) is 11.3 Å². The van der Waals surface area contributed by atoms with Gasteiger partial charge in [0.05, 0.1) is 12.8 Å². The largest absolute Gasteiger partial charge is 0.507 e. The van der Waals surface area contributed by atoms with Crippen LogP contribution in [0.2, 0.25) is 0 Å². The molecule has 0 radical (unpaired) electrons. The topological polar surface area (TPSA) is 42.4 Å². The maximum absolute atomic E-state index is 10.3. The van der Waals surface area contributed by atoms with Crippen LogP contribution in [0.3, 0.4) is 0 Å². The van der Waals surface area contributed by atoms with E-state index in [1.165, 1.54) is 0 Å². The fourth-order valence-corrected chi connectivity index (χ4v) is 2.23. The summed E-state index contributed by atoms with van der Waals surface area (Å²) < 4.78 is 5.11. The Morgan fingerprint density at radius 1 is 1.05 bits per heavy atom. The Kier molecular flexibility index (Phi) is 3.56. The fourth-order valence-electron chi connectivity index (χ4n) is 2.23. The first kappa shape index (κ1) is 13.2. The van der Waals surface area contributed by atoms with E-state index in [2.05, 4.69) is 4.98 Å². The molecule has 2 aromatic carbocycles. The van der Waals surface area contributed by atoms with Gasteiger partial charge in [-0.15, -0.1) is 0 Å². The Hall–Kier alpha value is -2.81. The predicted octanol–water partition coefficient (Wildman–Crippen LogP) is 4.30. The summed E-state index contributed by atoms with van der Waals surface area (Å²) in [5.41, 5.74) is 1.48. The van der Waals surface area contributed by atoms with Crippen LogP contribution in [0.4, 0.5) is 0 Å². The van der Waals surface area contributed by atoms with Crippen molar-refractivity contribution in [3.05, 3.63) is 72.1 Å². The zero-order valence-corrected chi connectivity index (χ0v) is 11.7. The standard InChI is InChI=1S/C18H15NO2/c1-21-15-8-6-14(7-9-15)18(20)12-17-16-5-3-2-4-13(16)10-11-19-17/h2-12,20H,1H3/b18-12-. The van der Waals surface area contributed by atoms with E-state index in [4.69, 9.17) is 4.74 Å². The number of aliphatic hydroxyl groups is 1. The Morgan fingerprint density at radius 3 is 2.57 bits per heavy atom. The number of hydrogen-bond donors (Lipinski definition) is 1. The molecule has 0 aliphatic rings. The number of benzene rings is 2. The number of pyridine rings is 1. The minimum absolute atomic E-state index is 0.182. The average molecular weight is 277 g/mol. The van der Waals surface area contributed by atoms with Gasteiger partial charge in [0, 0.05) is 23.2 Å². The first-order chi connectivity index (χ1) is 10.3. The predicted molar refractivity (Wildman–Crippen MR) is 85.2 cm³/mol. The van der Waals surface area contributed by atoms with Gasteiger partial charge in [0.2, 0.25) is 0 Å². The third-order valence-corrected chi connectivity index (χ3v) is 3.36. The van der Waals surface area contributed by atoms with Gasteiger partial charge in [0.25, 0.3) is 0 Å². The minimum Gasteiger partial charge on any atom is -0.507 e. The Bertz CT molecular complexity index is 786. The smallest absolute Gasteiger partial charge is 0.124 e. The van der Waals surface area contributed by atoms with E-state index in [0.29, 0.717) is 0 Å². The van der Waals surface area contributed by atoms with E-state index < -0.39 is 0 Å². The molecule has 3 nitrogen and oxygen atoms in total. The van der Waals surface area contributed by atoms with Crippen LogP contribution >= 0.6 is 0 Å². The molecule has 0 aliphatic heterocycles. The van der Waals surface area contributed by atoms with Crippen LogP contribution in [0.25, 0.3) is 22.6 Å². The molecule has 0 amide bonds. The van der Waals surface area contributed by atoms with Crippen molar-refractivity contribution in [2.24, 2.45) is 0 Å². The van der Waals surface area contributed by atoms with Crippen LogP contribution in [0.15, 0.2) is 60.8 Å². The summed E-state index contributed by atoms with van der Waals surface area (Å²) in [4.78, 5) is 4.35. The van der Waals surface area contributed by atoms with E-state index in [0.717, 1.165) is 27.8 Å². The molecule has 21 heavy (non-hydrogen) atoms. The van der Waals surface area contributed by atoms with Crippen LogP contribution in [0, 0.1) is 0 Å². The number of aromatic nitrogens is 1. The van der Waals surface area contributed by atoms with E-state index in [1.54, 1.807) is 19.4 Å². The lowest BCUT2D eigenvalue weighted by Gasteiger charge is -2.04. The van der Waals surface area contributed by atoms with Gasteiger partial charge in [-0.2, -0.15) is 0 Å². The molecule has 3 rings (SSSR count). The summed E-state index contributed by atoms with van der Waals surface area (Å²) in [5, 5.41) is 12.4. The number of methoxy groups -OCH3 is 1. The van der Waals surface area contributed by atoms with Crippen molar-refractivity contribution >= 4 is 22.6 Å². The van der Waals surface area contributed by atoms with Crippen molar-refractivity contribution in [2.45, 2.75) is 0 Å².